The van der Waals surface area contributed by atoms with Crippen molar-refractivity contribution in [3.8, 4) is 0 Å². The zero-order chi connectivity index (χ0) is 6.41. The number of carbonyl (C=O) groups excluding carboxylic acids is 1. The van der Waals surface area contributed by atoms with Crippen molar-refractivity contribution in [3.63, 3.8) is 0 Å². The molecule has 0 amide bonds. The van der Waals surface area contributed by atoms with Crippen LogP contribution in [0.15, 0.2) is 12.7 Å². The Hall–Kier alpha value is -0.300. The molecule has 46 valence electrons. The Labute approximate surface area is 54.3 Å². The number of hydrogen-bond acceptors (Lipinski definition) is 1. The molecular formula is C6H9ClO. The van der Waals surface area contributed by atoms with Crippen molar-refractivity contribution in [1.29, 1.82) is 0 Å². The van der Waals surface area contributed by atoms with E-state index in [-0.39, 0.29) is 5.92 Å². The van der Waals surface area contributed by atoms with Gasteiger partial charge in [0, 0.05) is 11.8 Å². The van der Waals surface area contributed by atoms with Crippen molar-refractivity contribution >= 4 is 17.9 Å². The molecular weight excluding hydrogens is 124 g/mol. The van der Waals surface area contributed by atoms with Crippen molar-refractivity contribution in [1.82, 2.24) is 0 Å². The van der Waals surface area contributed by atoms with Gasteiger partial charge in [-0.1, -0.05) is 6.08 Å². The van der Waals surface area contributed by atoms with E-state index in [1.165, 1.54) is 0 Å². The van der Waals surface area contributed by atoms with Gasteiger partial charge >= 0.3 is 0 Å². The summed E-state index contributed by atoms with van der Waals surface area (Å²) in [6, 6.07) is 0. The van der Waals surface area contributed by atoms with Crippen LogP contribution in [-0.4, -0.2) is 12.2 Å². The Morgan fingerprint density at radius 3 is 2.50 bits per heavy atom. The second kappa shape index (κ2) is 4.85. The van der Waals surface area contributed by atoms with Crippen LogP contribution >= 0.6 is 11.6 Å². The molecule has 0 aliphatic heterocycles. The standard InChI is InChI=1S/C6H9ClO/c1-2-6(5-8)3-4-7/h2,5-6H,1,3-4H2. The molecule has 0 rings (SSSR count). The summed E-state index contributed by atoms with van der Waals surface area (Å²) in [6.07, 6.45) is 3.17. The Morgan fingerprint density at radius 1 is 1.75 bits per heavy atom. The van der Waals surface area contributed by atoms with Crippen LogP contribution in [0.4, 0.5) is 0 Å². The molecule has 0 aliphatic rings. The third-order valence-electron chi connectivity index (χ3n) is 0.920. The van der Waals surface area contributed by atoms with E-state index in [4.69, 9.17) is 11.6 Å². The third kappa shape index (κ3) is 2.80. The highest BCUT2D eigenvalue weighted by Gasteiger charge is 1.97. The average Bonchev–Trinajstić information content (AvgIpc) is 1.83. The van der Waals surface area contributed by atoms with Crippen LogP contribution in [0, 0.1) is 5.92 Å². The molecule has 0 aromatic heterocycles. The fraction of sp³-hybridized carbons (Fsp3) is 0.500. The number of allylic oxidation sites excluding steroid dienone is 1. The maximum Gasteiger partial charge on any atom is 0.126 e. The zero-order valence-corrected chi connectivity index (χ0v) is 5.40. The third-order valence-corrected chi connectivity index (χ3v) is 1.14. The first-order valence-electron chi connectivity index (χ1n) is 2.49. The summed E-state index contributed by atoms with van der Waals surface area (Å²) < 4.78 is 0. The maximum absolute atomic E-state index is 10.00. The second-order valence-corrected chi connectivity index (χ2v) is 1.89. The van der Waals surface area contributed by atoms with Crippen molar-refractivity contribution in [2.24, 2.45) is 5.92 Å². The van der Waals surface area contributed by atoms with Crippen molar-refractivity contribution < 1.29 is 4.79 Å². The van der Waals surface area contributed by atoms with E-state index in [9.17, 15) is 4.79 Å². The highest BCUT2D eigenvalue weighted by Crippen LogP contribution is 2.00. The highest BCUT2D eigenvalue weighted by atomic mass is 35.5. The van der Waals surface area contributed by atoms with Crippen LogP contribution in [-0.2, 0) is 4.79 Å². The molecule has 1 unspecified atom stereocenters. The van der Waals surface area contributed by atoms with Gasteiger partial charge in [0.05, 0.1) is 0 Å². The van der Waals surface area contributed by atoms with Gasteiger partial charge in [-0.15, -0.1) is 18.2 Å². The van der Waals surface area contributed by atoms with Crippen LogP contribution < -0.4 is 0 Å². The molecule has 0 N–H and O–H groups in total. The molecule has 1 atom stereocenters. The topological polar surface area (TPSA) is 17.1 Å². The molecule has 0 fully saturated rings. The van der Waals surface area contributed by atoms with Gasteiger partial charge in [-0.05, 0) is 6.42 Å². The van der Waals surface area contributed by atoms with E-state index in [1.54, 1.807) is 6.08 Å². The van der Waals surface area contributed by atoms with E-state index in [2.05, 4.69) is 6.58 Å². The lowest BCUT2D eigenvalue weighted by molar-refractivity contribution is -0.109. The van der Waals surface area contributed by atoms with Gasteiger partial charge in [0.15, 0.2) is 0 Å². The average molecular weight is 133 g/mol. The second-order valence-electron chi connectivity index (χ2n) is 1.51. The predicted molar refractivity (Wildman–Crippen MR) is 35.1 cm³/mol. The molecule has 0 saturated heterocycles. The summed E-state index contributed by atoms with van der Waals surface area (Å²) >= 11 is 5.35. The van der Waals surface area contributed by atoms with Gasteiger partial charge in [-0.3, -0.25) is 0 Å². The van der Waals surface area contributed by atoms with Crippen LogP contribution in [0.5, 0.6) is 0 Å². The lowest BCUT2D eigenvalue weighted by atomic mass is 10.1. The number of rotatable bonds is 4. The molecule has 8 heavy (non-hydrogen) atoms. The minimum Gasteiger partial charge on any atom is -0.303 e. The van der Waals surface area contributed by atoms with Crippen molar-refractivity contribution in [2.75, 3.05) is 5.88 Å². The van der Waals surface area contributed by atoms with Crippen molar-refractivity contribution in [3.05, 3.63) is 12.7 Å². The molecule has 0 spiro atoms. The molecule has 0 aromatic carbocycles. The Balaban J connectivity index is 3.35. The molecule has 0 saturated carbocycles. The molecule has 0 heterocycles. The quantitative estimate of drug-likeness (QED) is 0.323. The van der Waals surface area contributed by atoms with Crippen LogP contribution in [0.1, 0.15) is 6.42 Å². The number of halogens is 1. The van der Waals surface area contributed by atoms with Crippen LogP contribution in [0.25, 0.3) is 0 Å². The molecule has 2 heteroatoms. The van der Waals surface area contributed by atoms with E-state index < -0.39 is 0 Å². The molecule has 0 radical (unpaired) electrons. The Morgan fingerprint density at radius 2 is 2.38 bits per heavy atom. The monoisotopic (exact) mass is 132 g/mol. The predicted octanol–water partition coefficient (Wildman–Crippen LogP) is 1.62. The minimum atomic E-state index is -0.0486. The summed E-state index contributed by atoms with van der Waals surface area (Å²) in [4.78, 5) is 10.00. The van der Waals surface area contributed by atoms with Gasteiger partial charge in [0.1, 0.15) is 6.29 Å². The normalized spacial score (nSPS) is 12.6. The van der Waals surface area contributed by atoms with Gasteiger partial charge in [-0.2, -0.15) is 0 Å². The van der Waals surface area contributed by atoms with E-state index >= 15 is 0 Å². The number of alkyl halides is 1. The highest BCUT2D eigenvalue weighted by molar-refractivity contribution is 6.17. The van der Waals surface area contributed by atoms with Gasteiger partial charge in [-0.25, -0.2) is 0 Å². The fourth-order valence-electron chi connectivity index (χ4n) is 0.367. The summed E-state index contributed by atoms with van der Waals surface area (Å²) in [6.45, 7) is 3.46. The lowest BCUT2D eigenvalue weighted by Crippen LogP contribution is -1.96. The fourth-order valence-corrected chi connectivity index (χ4v) is 0.619. The molecule has 0 bridgehead atoms. The first-order chi connectivity index (χ1) is 3.85. The van der Waals surface area contributed by atoms with Crippen molar-refractivity contribution in [2.45, 2.75) is 6.42 Å². The van der Waals surface area contributed by atoms with E-state index in [0.29, 0.717) is 12.3 Å². The number of carbonyl (C=O) groups is 1. The van der Waals surface area contributed by atoms with E-state index in [0.717, 1.165) is 6.29 Å². The number of aldehydes is 1. The summed E-state index contributed by atoms with van der Waals surface area (Å²) in [7, 11) is 0. The summed E-state index contributed by atoms with van der Waals surface area (Å²) in [5.41, 5.74) is 0. The first-order valence-corrected chi connectivity index (χ1v) is 3.02. The summed E-state index contributed by atoms with van der Waals surface area (Å²) in [5, 5.41) is 0. The van der Waals surface area contributed by atoms with Gasteiger partial charge in [0.2, 0.25) is 0 Å². The Kier molecular flexibility index (Phi) is 4.67. The zero-order valence-electron chi connectivity index (χ0n) is 4.64. The largest absolute Gasteiger partial charge is 0.303 e. The van der Waals surface area contributed by atoms with Gasteiger partial charge < -0.3 is 4.79 Å². The Bertz CT molecular complexity index is 72.6. The van der Waals surface area contributed by atoms with E-state index in [1.807, 2.05) is 0 Å². The SMILES string of the molecule is C=CC(C=O)CCCl. The maximum atomic E-state index is 10.00. The minimum absolute atomic E-state index is 0.0486. The first kappa shape index (κ1) is 7.70. The smallest absolute Gasteiger partial charge is 0.126 e. The molecule has 0 aliphatic carbocycles. The van der Waals surface area contributed by atoms with Gasteiger partial charge in [0.25, 0.3) is 0 Å². The number of hydrogen-bond donors (Lipinski definition) is 0. The lowest BCUT2D eigenvalue weighted by Gasteiger charge is -1.96. The van der Waals surface area contributed by atoms with Crippen LogP contribution in [0.2, 0.25) is 0 Å². The van der Waals surface area contributed by atoms with Crippen LogP contribution in [0.3, 0.4) is 0 Å². The molecule has 0 aromatic rings. The molecule has 1 nitrogen and oxygen atoms in total. The summed E-state index contributed by atoms with van der Waals surface area (Å²) in [5.74, 6) is 0.475.